The van der Waals surface area contributed by atoms with Crippen molar-refractivity contribution in [2.45, 2.75) is 38.1 Å². The van der Waals surface area contributed by atoms with E-state index in [0.29, 0.717) is 18.3 Å². The van der Waals surface area contributed by atoms with Gasteiger partial charge in [-0.15, -0.1) is 0 Å². The molecule has 0 amide bonds. The van der Waals surface area contributed by atoms with Gasteiger partial charge in [0.05, 0.1) is 0 Å². The first-order valence-electron chi connectivity index (χ1n) is 8.35. The molecule has 2 unspecified atom stereocenters. The Morgan fingerprint density at radius 3 is 2.54 bits per heavy atom. The third-order valence-corrected chi connectivity index (χ3v) is 5.38. The summed E-state index contributed by atoms with van der Waals surface area (Å²) in [6, 6.07) is 1.94. The largest absolute Gasteiger partial charge is 0.368 e. The van der Waals surface area contributed by atoms with E-state index in [1.54, 1.807) is 7.05 Å². The van der Waals surface area contributed by atoms with E-state index < -0.39 is 11.2 Å². The minimum Gasteiger partial charge on any atom is -0.368 e. The summed E-state index contributed by atoms with van der Waals surface area (Å²) >= 11 is 0. The van der Waals surface area contributed by atoms with Crippen molar-refractivity contribution in [1.29, 1.82) is 5.26 Å². The van der Waals surface area contributed by atoms with Crippen LogP contribution in [0.15, 0.2) is 9.59 Å². The van der Waals surface area contributed by atoms with Gasteiger partial charge in [0.15, 0.2) is 5.56 Å². The summed E-state index contributed by atoms with van der Waals surface area (Å²) in [6.07, 6.45) is 4.48. The lowest BCUT2D eigenvalue weighted by molar-refractivity contribution is 0.0881. The maximum Gasteiger partial charge on any atom is 0.332 e. The summed E-state index contributed by atoms with van der Waals surface area (Å²) in [7, 11) is 7.10. The van der Waals surface area contributed by atoms with Crippen molar-refractivity contribution in [1.82, 2.24) is 14.0 Å². The number of hydrogen-bond acceptors (Lipinski definition) is 5. The molecule has 0 spiro atoms. The van der Waals surface area contributed by atoms with Gasteiger partial charge in [-0.25, -0.2) is 4.79 Å². The van der Waals surface area contributed by atoms with E-state index in [1.807, 2.05) is 6.07 Å². The molecular weight excluding hydrogens is 306 g/mol. The summed E-state index contributed by atoms with van der Waals surface area (Å²) in [5, 5.41) is 12.6. The Balaban J connectivity index is 2.40. The van der Waals surface area contributed by atoms with Crippen molar-refractivity contribution in [3.63, 3.8) is 0 Å². The molecule has 0 aliphatic heterocycles. The Bertz CT molecular complexity index is 771. The van der Waals surface area contributed by atoms with Gasteiger partial charge in [0.2, 0.25) is 0 Å². The quantitative estimate of drug-likeness (QED) is 0.884. The first-order valence-corrected chi connectivity index (χ1v) is 8.35. The van der Waals surface area contributed by atoms with Crippen molar-refractivity contribution in [3.05, 3.63) is 26.4 Å². The van der Waals surface area contributed by atoms with Crippen LogP contribution >= 0.6 is 0 Å². The molecule has 0 aromatic carbocycles. The predicted octanol–water partition coefficient (Wildman–Crippen LogP) is 0.878. The SMILES string of the molecule is CC1CCCC(CNc2c(C#N)c(=O)n(C)c(=O)n2C)(N(C)C)C1. The normalized spacial score (nSPS) is 24.0. The maximum absolute atomic E-state index is 12.2. The van der Waals surface area contributed by atoms with Crippen molar-refractivity contribution in [2.24, 2.45) is 20.0 Å². The second kappa shape index (κ2) is 6.81. The summed E-state index contributed by atoms with van der Waals surface area (Å²) in [5.41, 5.74) is -1.05. The standard InChI is InChI=1S/C17H27N5O2/c1-12-7-6-8-17(9-12,20(2)3)11-19-14-13(10-18)15(23)22(5)16(24)21(14)4/h12,19H,6-9,11H2,1-5H3. The van der Waals surface area contributed by atoms with E-state index in [0.717, 1.165) is 23.8 Å². The van der Waals surface area contributed by atoms with Crippen LogP contribution in [0.5, 0.6) is 0 Å². The average molecular weight is 333 g/mol. The molecular formula is C17H27N5O2. The first-order chi connectivity index (χ1) is 11.2. The maximum atomic E-state index is 12.2. The van der Waals surface area contributed by atoms with Crippen LogP contribution < -0.4 is 16.6 Å². The third-order valence-electron chi connectivity index (χ3n) is 5.38. The molecule has 24 heavy (non-hydrogen) atoms. The van der Waals surface area contributed by atoms with Gasteiger partial charge in [-0.1, -0.05) is 19.8 Å². The van der Waals surface area contributed by atoms with E-state index in [2.05, 4.69) is 31.2 Å². The molecule has 1 saturated carbocycles. The van der Waals surface area contributed by atoms with E-state index in [4.69, 9.17) is 0 Å². The van der Waals surface area contributed by atoms with Crippen molar-refractivity contribution in [3.8, 4) is 6.07 Å². The fourth-order valence-corrected chi connectivity index (χ4v) is 3.76. The first kappa shape index (κ1) is 18.3. The second-order valence-electron chi connectivity index (χ2n) is 7.22. The third kappa shape index (κ3) is 3.11. The van der Waals surface area contributed by atoms with Crippen molar-refractivity contribution >= 4 is 5.82 Å². The van der Waals surface area contributed by atoms with Gasteiger partial charge in [0.25, 0.3) is 5.56 Å². The van der Waals surface area contributed by atoms with Gasteiger partial charge in [0, 0.05) is 26.2 Å². The van der Waals surface area contributed by atoms with E-state index in [9.17, 15) is 14.9 Å². The highest BCUT2D eigenvalue weighted by Gasteiger charge is 2.37. The number of nitrogens with zero attached hydrogens (tertiary/aromatic N) is 4. The van der Waals surface area contributed by atoms with Crippen LogP contribution in [0.4, 0.5) is 5.82 Å². The van der Waals surface area contributed by atoms with Crippen LogP contribution in [0, 0.1) is 17.2 Å². The van der Waals surface area contributed by atoms with E-state index in [-0.39, 0.29) is 11.1 Å². The second-order valence-corrected chi connectivity index (χ2v) is 7.22. The summed E-state index contributed by atoms with van der Waals surface area (Å²) in [6.45, 7) is 2.85. The molecule has 1 aromatic heterocycles. The predicted molar refractivity (Wildman–Crippen MR) is 94.2 cm³/mol. The molecule has 0 saturated heterocycles. The Morgan fingerprint density at radius 1 is 1.33 bits per heavy atom. The van der Waals surface area contributed by atoms with Gasteiger partial charge >= 0.3 is 5.69 Å². The lowest BCUT2D eigenvalue weighted by atomic mass is 9.75. The number of nitrogens with one attached hydrogen (secondary N) is 1. The molecule has 1 aromatic rings. The smallest absolute Gasteiger partial charge is 0.332 e. The molecule has 7 heteroatoms. The molecule has 7 nitrogen and oxygen atoms in total. The monoisotopic (exact) mass is 333 g/mol. The molecule has 1 aliphatic rings. The van der Waals surface area contributed by atoms with Gasteiger partial charge in [-0.05, 0) is 32.9 Å². The van der Waals surface area contributed by atoms with Gasteiger partial charge in [-0.2, -0.15) is 5.26 Å². The Kier molecular flexibility index (Phi) is 5.19. The highest BCUT2D eigenvalue weighted by Crippen LogP contribution is 2.35. The lowest BCUT2D eigenvalue weighted by Gasteiger charge is -2.45. The molecule has 1 aliphatic carbocycles. The van der Waals surface area contributed by atoms with Crippen LogP contribution in [0.2, 0.25) is 0 Å². The number of aromatic nitrogens is 2. The van der Waals surface area contributed by atoms with Gasteiger partial charge in [0.1, 0.15) is 11.9 Å². The highest BCUT2D eigenvalue weighted by atomic mass is 16.2. The van der Waals surface area contributed by atoms with Crippen molar-refractivity contribution in [2.75, 3.05) is 26.0 Å². The van der Waals surface area contributed by atoms with Gasteiger partial charge in [-0.3, -0.25) is 13.9 Å². The number of hydrogen-bond donors (Lipinski definition) is 1. The minimum absolute atomic E-state index is 0.0163. The Labute approximate surface area is 142 Å². The summed E-state index contributed by atoms with van der Waals surface area (Å²) in [5.74, 6) is 0.941. The Morgan fingerprint density at radius 2 is 2.00 bits per heavy atom. The zero-order valence-electron chi connectivity index (χ0n) is 15.2. The molecule has 1 heterocycles. The van der Waals surface area contributed by atoms with Crippen LogP contribution in [-0.4, -0.2) is 40.2 Å². The van der Waals surface area contributed by atoms with Crippen LogP contribution in [0.25, 0.3) is 0 Å². The average Bonchev–Trinajstić information content (AvgIpc) is 2.54. The van der Waals surface area contributed by atoms with Crippen LogP contribution in [-0.2, 0) is 14.1 Å². The molecule has 132 valence electrons. The lowest BCUT2D eigenvalue weighted by Crippen LogP contribution is -2.53. The summed E-state index contributed by atoms with van der Waals surface area (Å²) in [4.78, 5) is 26.6. The molecule has 1 N–H and O–H groups in total. The van der Waals surface area contributed by atoms with Gasteiger partial charge < -0.3 is 10.2 Å². The topological polar surface area (TPSA) is 83.1 Å². The molecule has 0 radical (unpaired) electrons. The summed E-state index contributed by atoms with van der Waals surface area (Å²) < 4.78 is 2.31. The fraction of sp³-hybridized carbons (Fsp3) is 0.706. The molecule has 0 bridgehead atoms. The molecule has 2 rings (SSSR count). The van der Waals surface area contributed by atoms with E-state index in [1.165, 1.54) is 18.0 Å². The molecule has 2 atom stereocenters. The van der Waals surface area contributed by atoms with Crippen molar-refractivity contribution < 1.29 is 0 Å². The Hall–Kier alpha value is -2.07. The van der Waals surface area contributed by atoms with E-state index >= 15 is 0 Å². The number of likely N-dealkylation sites (N-methyl/N-ethyl adjacent to an activating group) is 1. The zero-order valence-corrected chi connectivity index (χ0v) is 15.2. The van der Waals surface area contributed by atoms with Crippen LogP contribution in [0.3, 0.4) is 0 Å². The number of rotatable bonds is 4. The van der Waals surface area contributed by atoms with Crippen LogP contribution in [0.1, 0.15) is 38.2 Å². The highest BCUT2D eigenvalue weighted by molar-refractivity contribution is 5.51. The fourth-order valence-electron chi connectivity index (χ4n) is 3.76. The number of anilines is 1. The minimum atomic E-state index is -0.556. The zero-order chi connectivity index (χ0) is 18.1. The molecule has 1 fully saturated rings. The number of nitriles is 1.